The number of hydrogen-bond acceptors (Lipinski definition) is 5. The summed E-state index contributed by atoms with van der Waals surface area (Å²) in [6, 6.07) is 8.08. The largest absolute Gasteiger partial charge is 0.491 e. The normalized spacial score (nSPS) is 10.6. The van der Waals surface area contributed by atoms with Crippen molar-refractivity contribution in [2.75, 3.05) is 26.1 Å². The van der Waals surface area contributed by atoms with Crippen LogP contribution >= 0.6 is 11.3 Å². The Morgan fingerprint density at radius 2 is 2.16 bits per heavy atom. The fourth-order valence-electron chi connectivity index (χ4n) is 1.79. The van der Waals surface area contributed by atoms with Gasteiger partial charge in [0, 0.05) is 18.4 Å². The van der Waals surface area contributed by atoms with Gasteiger partial charge in [0.15, 0.2) is 5.13 Å². The minimum atomic E-state index is 0.562. The van der Waals surface area contributed by atoms with Crippen LogP contribution in [0, 0.1) is 6.92 Å². The lowest BCUT2D eigenvalue weighted by atomic mass is 10.1. The Labute approximate surface area is 117 Å². The lowest BCUT2D eigenvalue weighted by Crippen LogP contribution is -2.04. The van der Waals surface area contributed by atoms with Gasteiger partial charge in [-0.15, -0.1) is 11.3 Å². The van der Waals surface area contributed by atoms with Crippen LogP contribution in [-0.4, -0.2) is 25.3 Å². The predicted octanol–water partition coefficient (Wildman–Crippen LogP) is 2.65. The van der Waals surface area contributed by atoms with Crippen molar-refractivity contribution in [3.05, 3.63) is 40.4 Å². The third kappa shape index (κ3) is 3.94. The summed E-state index contributed by atoms with van der Waals surface area (Å²) in [6.07, 6.45) is 0.835. The molecule has 0 aliphatic carbocycles. The lowest BCUT2D eigenvalue weighted by molar-refractivity contribution is 0.146. The Morgan fingerprint density at radius 3 is 2.84 bits per heavy atom. The van der Waals surface area contributed by atoms with E-state index in [0.29, 0.717) is 18.3 Å². The van der Waals surface area contributed by atoms with Crippen LogP contribution in [-0.2, 0) is 11.2 Å². The van der Waals surface area contributed by atoms with Crippen LogP contribution in [0.1, 0.15) is 16.1 Å². The average molecular weight is 278 g/mol. The highest BCUT2D eigenvalue weighted by molar-refractivity contribution is 7.15. The van der Waals surface area contributed by atoms with Crippen molar-refractivity contribution >= 4 is 16.5 Å². The van der Waals surface area contributed by atoms with Crippen LogP contribution in [0.2, 0.25) is 0 Å². The number of thiazole rings is 1. The highest BCUT2D eigenvalue weighted by Gasteiger charge is 2.07. The molecule has 0 spiro atoms. The van der Waals surface area contributed by atoms with E-state index >= 15 is 0 Å². The number of benzene rings is 1. The van der Waals surface area contributed by atoms with E-state index in [1.54, 1.807) is 18.4 Å². The summed E-state index contributed by atoms with van der Waals surface area (Å²) >= 11 is 1.54. The molecule has 4 nitrogen and oxygen atoms in total. The summed E-state index contributed by atoms with van der Waals surface area (Å²) in [4.78, 5) is 5.44. The molecule has 2 N–H and O–H groups in total. The molecule has 2 aromatic rings. The SMILES string of the molecule is COCCOc1cccc(Cc2sc(N)nc2C)c1. The summed E-state index contributed by atoms with van der Waals surface area (Å²) in [6.45, 7) is 3.14. The van der Waals surface area contributed by atoms with Crippen molar-refractivity contribution in [2.24, 2.45) is 0 Å². The maximum Gasteiger partial charge on any atom is 0.180 e. The van der Waals surface area contributed by atoms with E-state index in [-0.39, 0.29) is 0 Å². The molecule has 19 heavy (non-hydrogen) atoms. The number of aryl methyl sites for hydroxylation is 1. The highest BCUT2D eigenvalue weighted by atomic mass is 32.1. The van der Waals surface area contributed by atoms with Crippen molar-refractivity contribution in [3.8, 4) is 5.75 Å². The van der Waals surface area contributed by atoms with Gasteiger partial charge in [-0.05, 0) is 24.6 Å². The molecule has 0 amide bonds. The predicted molar refractivity (Wildman–Crippen MR) is 77.9 cm³/mol. The van der Waals surface area contributed by atoms with Gasteiger partial charge in [0.25, 0.3) is 0 Å². The number of ether oxygens (including phenoxy) is 2. The van der Waals surface area contributed by atoms with Gasteiger partial charge in [-0.3, -0.25) is 0 Å². The molecule has 0 saturated carbocycles. The van der Waals surface area contributed by atoms with E-state index in [2.05, 4.69) is 11.1 Å². The van der Waals surface area contributed by atoms with Crippen molar-refractivity contribution < 1.29 is 9.47 Å². The number of hydrogen-bond donors (Lipinski definition) is 1. The molecule has 1 aromatic heterocycles. The second-order valence-electron chi connectivity index (χ2n) is 4.23. The average Bonchev–Trinajstić information content (AvgIpc) is 2.69. The Balaban J connectivity index is 2.04. The molecule has 1 aromatic carbocycles. The van der Waals surface area contributed by atoms with Crippen LogP contribution < -0.4 is 10.5 Å². The number of nitrogens with zero attached hydrogens (tertiary/aromatic N) is 1. The maximum atomic E-state index is 5.71. The van der Waals surface area contributed by atoms with Crippen LogP contribution in [0.3, 0.4) is 0 Å². The zero-order valence-corrected chi connectivity index (χ0v) is 12.0. The Bertz CT molecular complexity index is 540. The second-order valence-corrected chi connectivity index (χ2v) is 5.34. The molecule has 5 heteroatoms. The van der Waals surface area contributed by atoms with E-state index in [1.165, 1.54) is 10.4 Å². The van der Waals surface area contributed by atoms with Crippen LogP contribution in [0.5, 0.6) is 5.75 Å². The fourth-order valence-corrected chi connectivity index (χ4v) is 2.66. The minimum absolute atomic E-state index is 0.562. The first kappa shape index (κ1) is 13.8. The Morgan fingerprint density at radius 1 is 1.32 bits per heavy atom. The fraction of sp³-hybridized carbons (Fsp3) is 0.357. The number of rotatable bonds is 6. The van der Waals surface area contributed by atoms with Crippen molar-refractivity contribution in [3.63, 3.8) is 0 Å². The van der Waals surface area contributed by atoms with Crippen molar-refractivity contribution in [1.82, 2.24) is 4.98 Å². The van der Waals surface area contributed by atoms with Gasteiger partial charge in [0.05, 0.1) is 12.3 Å². The topological polar surface area (TPSA) is 57.4 Å². The number of nitrogens with two attached hydrogens (primary N) is 1. The molecule has 2 rings (SSSR count). The van der Waals surface area contributed by atoms with Gasteiger partial charge >= 0.3 is 0 Å². The lowest BCUT2D eigenvalue weighted by Gasteiger charge is -2.07. The molecule has 0 atom stereocenters. The third-order valence-corrected chi connectivity index (χ3v) is 3.72. The molecular weight excluding hydrogens is 260 g/mol. The molecule has 0 saturated heterocycles. The van der Waals surface area contributed by atoms with E-state index in [4.69, 9.17) is 15.2 Å². The number of aromatic nitrogens is 1. The summed E-state index contributed by atoms with van der Waals surface area (Å²) in [5.74, 6) is 0.865. The molecule has 102 valence electrons. The second kappa shape index (κ2) is 6.54. The Kier molecular flexibility index (Phi) is 4.76. The number of nitrogen functional groups attached to an aromatic ring is 1. The smallest absolute Gasteiger partial charge is 0.180 e. The van der Waals surface area contributed by atoms with Crippen molar-refractivity contribution in [1.29, 1.82) is 0 Å². The highest BCUT2D eigenvalue weighted by Crippen LogP contribution is 2.24. The van der Waals surface area contributed by atoms with E-state index in [0.717, 1.165) is 17.9 Å². The first-order valence-electron chi connectivity index (χ1n) is 6.11. The van der Waals surface area contributed by atoms with Gasteiger partial charge in [-0.1, -0.05) is 12.1 Å². The molecule has 0 bridgehead atoms. The molecule has 0 aliphatic rings. The molecular formula is C14H18N2O2S. The number of methoxy groups -OCH3 is 1. The first-order chi connectivity index (χ1) is 9.19. The monoisotopic (exact) mass is 278 g/mol. The summed E-state index contributed by atoms with van der Waals surface area (Å²) in [5, 5.41) is 0.625. The van der Waals surface area contributed by atoms with Crippen LogP contribution in [0.15, 0.2) is 24.3 Å². The first-order valence-corrected chi connectivity index (χ1v) is 6.93. The zero-order valence-electron chi connectivity index (χ0n) is 11.2. The van der Waals surface area contributed by atoms with Gasteiger partial charge in [-0.2, -0.15) is 0 Å². The molecule has 0 aliphatic heterocycles. The molecule has 0 radical (unpaired) electrons. The molecule has 1 heterocycles. The zero-order chi connectivity index (χ0) is 13.7. The van der Waals surface area contributed by atoms with Gasteiger partial charge in [0.1, 0.15) is 12.4 Å². The van der Waals surface area contributed by atoms with Crippen LogP contribution in [0.25, 0.3) is 0 Å². The van der Waals surface area contributed by atoms with Gasteiger partial charge in [-0.25, -0.2) is 4.98 Å². The third-order valence-electron chi connectivity index (χ3n) is 2.73. The van der Waals surface area contributed by atoms with E-state index < -0.39 is 0 Å². The quantitative estimate of drug-likeness (QED) is 0.825. The minimum Gasteiger partial charge on any atom is -0.491 e. The number of anilines is 1. The van der Waals surface area contributed by atoms with Gasteiger partial charge in [0.2, 0.25) is 0 Å². The van der Waals surface area contributed by atoms with E-state index in [9.17, 15) is 0 Å². The molecule has 0 fully saturated rings. The maximum absolute atomic E-state index is 5.71. The molecule has 0 unspecified atom stereocenters. The van der Waals surface area contributed by atoms with Crippen LogP contribution in [0.4, 0.5) is 5.13 Å². The summed E-state index contributed by atoms with van der Waals surface area (Å²) in [5.41, 5.74) is 7.92. The van der Waals surface area contributed by atoms with Crippen molar-refractivity contribution in [2.45, 2.75) is 13.3 Å². The van der Waals surface area contributed by atoms with Gasteiger partial charge < -0.3 is 15.2 Å². The standard InChI is InChI=1S/C14H18N2O2S/c1-10-13(19-14(15)16-10)9-11-4-3-5-12(8-11)18-7-6-17-2/h3-5,8H,6-7,9H2,1-2H3,(H2,15,16). The summed E-state index contributed by atoms with van der Waals surface area (Å²) in [7, 11) is 1.66. The summed E-state index contributed by atoms with van der Waals surface area (Å²) < 4.78 is 10.6. The Hall–Kier alpha value is -1.59. The van der Waals surface area contributed by atoms with E-state index in [1.807, 2.05) is 25.1 Å².